The lowest BCUT2D eigenvalue weighted by Gasteiger charge is -2.04. The van der Waals surface area contributed by atoms with E-state index in [1.165, 1.54) is 0 Å². The first-order valence-electron chi connectivity index (χ1n) is 5.21. The van der Waals surface area contributed by atoms with E-state index in [9.17, 15) is 29.4 Å². The minimum atomic E-state index is -1.67. The smallest absolute Gasteiger partial charge is 0.381 e. The maximum atomic E-state index is 13.6. The molecular formula is C10H5FN4O6. The average Bonchev–Trinajstić information content (AvgIpc) is 2.87. The number of imidazole rings is 1. The van der Waals surface area contributed by atoms with Crippen LogP contribution in [0.3, 0.4) is 0 Å². The number of nitro benzene ring substituents is 1. The van der Waals surface area contributed by atoms with Crippen molar-refractivity contribution in [1.82, 2.24) is 9.55 Å². The van der Waals surface area contributed by atoms with E-state index in [-0.39, 0.29) is 5.69 Å². The number of aromatic nitrogens is 2. The first-order chi connectivity index (χ1) is 9.81. The molecule has 0 amide bonds. The summed E-state index contributed by atoms with van der Waals surface area (Å²) in [5.74, 6) is -3.47. The lowest BCUT2D eigenvalue weighted by Crippen LogP contribution is -2.06. The van der Waals surface area contributed by atoms with Crippen LogP contribution in [0.15, 0.2) is 24.7 Å². The Kier molecular flexibility index (Phi) is 3.32. The van der Waals surface area contributed by atoms with Gasteiger partial charge < -0.3 is 15.2 Å². The summed E-state index contributed by atoms with van der Waals surface area (Å²) in [6, 6.07) is 1.14. The summed E-state index contributed by atoms with van der Waals surface area (Å²) in [5, 5.41) is 30.2. The molecule has 0 aliphatic carbocycles. The van der Waals surface area contributed by atoms with Gasteiger partial charge in [0.25, 0.3) is 5.69 Å². The Morgan fingerprint density at radius 3 is 2.43 bits per heavy atom. The number of nitrogens with zero attached hydrogens (tertiary/aromatic N) is 4. The van der Waals surface area contributed by atoms with Crippen molar-refractivity contribution in [3.8, 4) is 5.69 Å². The van der Waals surface area contributed by atoms with E-state index in [1.54, 1.807) is 0 Å². The van der Waals surface area contributed by atoms with Crippen LogP contribution in [0.5, 0.6) is 0 Å². The molecule has 0 atom stereocenters. The molecule has 2 rings (SSSR count). The van der Waals surface area contributed by atoms with Crippen molar-refractivity contribution in [2.75, 3.05) is 0 Å². The van der Waals surface area contributed by atoms with Gasteiger partial charge in [-0.15, -0.1) is 0 Å². The average molecular weight is 296 g/mol. The molecule has 21 heavy (non-hydrogen) atoms. The van der Waals surface area contributed by atoms with E-state index in [0.717, 1.165) is 17.1 Å². The van der Waals surface area contributed by atoms with Gasteiger partial charge in [-0.05, 0) is 9.91 Å². The molecule has 0 aliphatic heterocycles. The molecule has 2 aromatic rings. The maximum Gasteiger partial charge on any atom is 0.381 e. The Bertz CT molecular complexity index is 771. The van der Waals surface area contributed by atoms with Crippen LogP contribution >= 0.6 is 0 Å². The summed E-state index contributed by atoms with van der Waals surface area (Å²) in [5.41, 5.74) is -1.97. The normalized spacial score (nSPS) is 10.3. The fraction of sp³-hybridized carbons (Fsp3) is 0. The third kappa shape index (κ3) is 2.51. The minimum Gasteiger partial charge on any atom is -0.478 e. The predicted octanol–water partition coefficient (Wildman–Crippen LogP) is 1.53. The second kappa shape index (κ2) is 4.96. The molecule has 1 heterocycles. The lowest BCUT2D eigenvalue weighted by molar-refractivity contribution is -0.389. The number of hydrogen-bond donors (Lipinski definition) is 1. The van der Waals surface area contributed by atoms with Gasteiger partial charge in [0.1, 0.15) is 23.3 Å². The molecular weight excluding hydrogens is 291 g/mol. The van der Waals surface area contributed by atoms with Gasteiger partial charge >= 0.3 is 11.8 Å². The van der Waals surface area contributed by atoms with Crippen LogP contribution in [0.4, 0.5) is 15.9 Å². The number of rotatable bonds is 4. The molecule has 0 aliphatic rings. The second-order valence-electron chi connectivity index (χ2n) is 3.78. The monoisotopic (exact) mass is 296 g/mol. The van der Waals surface area contributed by atoms with E-state index in [0.29, 0.717) is 12.1 Å². The number of carbonyl (C=O) groups is 1. The molecule has 0 radical (unpaired) electrons. The Balaban J connectivity index is 2.66. The summed E-state index contributed by atoms with van der Waals surface area (Å²) in [4.78, 5) is 33.9. The van der Waals surface area contributed by atoms with Crippen molar-refractivity contribution in [2.24, 2.45) is 0 Å². The Labute approximate surface area is 114 Å². The first-order valence-corrected chi connectivity index (χ1v) is 5.21. The first kappa shape index (κ1) is 14.0. The van der Waals surface area contributed by atoms with Crippen molar-refractivity contribution in [3.05, 3.63) is 56.3 Å². The molecule has 0 saturated carbocycles. The molecule has 1 N–H and O–H groups in total. The highest BCUT2D eigenvalue weighted by Crippen LogP contribution is 2.27. The Morgan fingerprint density at radius 1 is 1.29 bits per heavy atom. The molecule has 0 saturated heterocycles. The molecule has 0 bridgehead atoms. The van der Waals surface area contributed by atoms with Gasteiger partial charge in [-0.25, -0.2) is 9.18 Å². The van der Waals surface area contributed by atoms with Gasteiger partial charge in [-0.2, -0.15) is 0 Å². The van der Waals surface area contributed by atoms with E-state index in [2.05, 4.69) is 4.98 Å². The van der Waals surface area contributed by atoms with Gasteiger partial charge in [0.05, 0.1) is 4.92 Å². The maximum absolute atomic E-state index is 13.6. The highest BCUT2D eigenvalue weighted by Gasteiger charge is 2.24. The zero-order valence-corrected chi connectivity index (χ0v) is 9.96. The van der Waals surface area contributed by atoms with E-state index >= 15 is 0 Å². The summed E-state index contributed by atoms with van der Waals surface area (Å²) < 4.78 is 14.5. The number of carboxylic acids is 1. The van der Waals surface area contributed by atoms with E-state index in [4.69, 9.17) is 5.11 Å². The highest BCUT2D eigenvalue weighted by atomic mass is 19.1. The molecule has 1 aromatic carbocycles. The topological polar surface area (TPSA) is 141 Å². The predicted molar refractivity (Wildman–Crippen MR) is 63.8 cm³/mol. The zero-order valence-electron chi connectivity index (χ0n) is 9.96. The quantitative estimate of drug-likeness (QED) is 0.665. The fourth-order valence-corrected chi connectivity index (χ4v) is 1.61. The summed E-state index contributed by atoms with van der Waals surface area (Å²) in [7, 11) is 0. The molecule has 108 valence electrons. The molecule has 11 heteroatoms. The van der Waals surface area contributed by atoms with Gasteiger partial charge in [0, 0.05) is 12.1 Å². The largest absolute Gasteiger partial charge is 0.478 e. The second-order valence-corrected chi connectivity index (χ2v) is 3.78. The van der Waals surface area contributed by atoms with Crippen LogP contribution in [0.2, 0.25) is 0 Å². The Morgan fingerprint density at radius 2 is 1.95 bits per heavy atom. The summed E-state index contributed by atoms with van der Waals surface area (Å²) >= 11 is 0. The van der Waals surface area contributed by atoms with Gasteiger partial charge in [-0.1, -0.05) is 0 Å². The number of nitro groups is 2. The third-order valence-electron chi connectivity index (χ3n) is 2.53. The summed E-state index contributed by atoms with van der Waals surface area (Å²) in [6.45, 7) is 0. The van der Waals surface area contributed by atoms with Crippen LogP contribution in [0.1, 0.15) is 10.4 Å². The number of halogens is 1. The number of hydrogen-bond acceptors (Lipinski definition) is 6. The van der Waals surface area contributed by atoms with Crippen LogP contribution in [0, 0.1) is 26.0 Å². The SMILES string of the molecule is O=C(O)c1cc([N+](=O)[O-])c(-n2cnc([N+](=O)[O-])c2)cc1F. The van der Waals surface area contributed by atoms with Gasteiger partial charge in [0.2, 0.25) is 6.33 Å². The fourth-order valence-electron chi connectivity index (χ4n) is 1.61. The standard InChI is InChI=1S/C10H5FN4O6/c11-6-2-7(13-3-9(12-4-13)15(20)21)8(14(18)19)1-5(6)10(16)17/h1-4H,(H,16,17). The van der Waals surface area contributed by atoms with Crippen molar-refractivity contribution in [2.45, 2.75) is 0 Å². The van der Waals surface area contributed by atoms with E-state index < -0.39 is 38.7 Å². The van der Waals surface area contributed by atoms with Crippen LogP contribution in [0.25, 0.3) is 5.69 Å². The third-order valence-corrected chi connectivity index (χ3v) is 2.53. The zero-order chi connectivity index (χ0) is 15.7. The molecule has 0 fully saturated rings. The molecule has 0 spiro atoms. The number of benzene rings is 1. The van der Waals surface area contributed by atoms with Gasteiger partial charge in [0.15, 0.2) is 0 Å². The van der Waals surface area contributed by atoms with Crippen LogP contribution in [-0.2, 0) is 0 Å². The van der Waals surface area contributed by atoms with Crippen molar-refractivity contribution >= 4 is 17.5 Å². The number of aromatic carboxylic acids is 1. The van der Waals surface area contributed by atoms with Crippen molar-refractivity contribution in [3.63, 3.8) is 0 Å². The minimum absolute atomic E-state index is 0.372. The molecule has 10 nitrogen and oxygen atoms in total. The molecule has 1 aromatic heterocycles. The van der Waals surface area contributed by atoms with Crippen LogP contribution < -0.4 is 0 Å². The highest BCUT2D eigenvalue weighted by molar-refractivity contribution is 5.89. The van der Waals surface area contributed by atoms with Gasteiger partial charge in [-0.3, -0.25) is 14.7 Å². The summed E-state index contributed by atoms with van der Waals surface area (Å²) in [6.07, 6.45) is 1.74. The molecule has 0 unspecified atom stereocenters. The lowest BCUT2D eigenvalue weighted by atomic mass is 10.1. The number of carboxylic acid groups (broad SMARTS) is 1. The van der Waals surface area contributed by atoms with Crippen molar-refractivity contribution in [1.29, 1.82) is 0 Å². The van der Waals surface area contributed by atoms with Crippen LogP contribution in [-0.4, -0.2) is 30.5 Å². The Hall–Kier alpha value is -3.37. The van der Waals surface area contributed by atoms with E-state index in [1.807, 2.05) is 0 Å². The van der Waals surface area contributed by atoms with Crippen molar-refractivity contribution < 1.29 is 24.1 Å².